The van der Waals surface area contributed by atoms with Crippen LogP contribution in [-0.4, -0.2) is 49.2 Å². The van der Waals surface area contributed by atoms with Crippen LogP contribution >= 0.6 is 0 Å². The monoisotopic (exact) mass is 242 g/mol. The van der Waals surface area contributed by atoms with Gasteiger partial charge in [0.2, 0.25) is 0 Å². The van der Waals surface area contributed by atoms with E-state index in [0.717, 1.165) is 38.3 Å². The van der Waals surface area contributed by atoms with Gasteiger partial charge in [-0.05, 0) is 58.3 Å². The zero-order valence-corrected chi connectivity index (χ0v) is 11.0. The van der Waals surface area contributed by atoms with Crippen molar-refractivity contribution in [3.63, 3.8) is 0 Å². The maximum absolute atomic E-state index is 10.3. The molecule has 1 fully saturated rings. The fraction of sp³-hybridized carbons (Fsp3) is 0.923. The van der Waals surface area contributed by atoms with Crippen molar-refractivity contribution in [2.24, 2.45) is 5.92 Å². The van der Waals surface area contributed by atoms with E-state index in [9.17, 15) is 4.79 Å². The number of hydrogen-bond acceptors (Lipinski definition) is 3. The highest BCUT2D eigenvalue weighted by molar-refractivity contribution is 5.66. The SMILES string of the molecule is CN1CCCC(CNCCCCCC(=O)O)C1. The van der Waals surface area contributed by atoms with Crippen molar-refractivity contribution in [1.29, 1.82) is 0 Å². The highest BCUT2D eigenvalue weighted by Crippen LogP contribution is 2.13. The highest BCUT2D eigenvalue weighted by Gasteiger charge is 2.16. The van der Waals surface area contributed by atoms with E-state index in [0.29, 0.717) is 6.42 Å². The molecule has 0 amide bonds. The summed E-state index contributed by atoms with van der Waals surface area (Å²) in [6.45, 7) is 4.60. The largest absolute Gasteiger partial charge is 0.481 e. The molecule has 0 aromatic carbocycles. The van der Waals surface area contributed by atoms with Crippen LogP contribution < -0.4 is 5.32 Å². The van der Waals surface area contributed by atoms with Crippen LogP contribution in [0.4, 0.5) is 0 Å². The lowest BCUT2D eigenvalue weighted by Gasteiger charge is -2.29. The minimum Gasteiger partial charge on any atom is -0.481 e. The average molecular weight is 242 g/mol. The molecule has 4 nitrogen and oxygen atoms in total. The first kappa shape index (κ1) is 14.5. The fourth-order valence-electron chi connectivity index (χ4n) is 2.45. The van der Waals surface area contributed by atoms with Gasteiger partial charge >= 0.3 is 5.97 Å². The number of piperidine rings is 1. The van der Waals surface area contributed by atoms with Crippen molar-refractivity contribution < 1.29 is 9.90 Å². The summed E-state index contributed by atoms with van der Waals surface area (Å²) >= 11 is 0. The van der Waals surface area contributed by atoms with E-state index in [1.54, 1.807) is 0 Å². The van der Waals surface area contributed by atoms with Gasteiger partial charge in [-0.3, -0.25) is 4.79 Å². The molecule has 1 heterocycles. The average Bonchev–Trinajstić information content (AvgIpc) is 2.27. The minimum absolute atomic E-state index is 0.313. The van der Waals surface area contributed by atoms with Gasteiger partial charge in [0, 0.05) is 13.0 Å². The van der Waals surface area contributed by atoms with E-state index in [1.165, 1.54) is 25.9 Å². The lowest BCUT2D eigenvalue weighted by atomic mass is 9.98. The van der Waals surface area contributed by atoms with Crippen LogP contribution in [0, 0.1) is 5.92 Å². The third kappa shape index (κ3) is 7.34. The lowest BCUT2D eigenvalue weighted by molar-refractivity contribution is -0.137. The summed E-state index contributed by atoms with van der Waals surface area (Å²) in [5.74, 6) is 0.121. The zero-order valence-electron chi connectivity index (χ0n) is 11.0. The molecule has 0 saturated carbocycles. The number of nitrogens with one attached hydrogen (secondary N) is 1. The number of carbonyl (C=O) groups is 1. The Morgan fingerprint density at radius 3 is 2.94 bits per heavy atom. The first-order valence-corrected chi connectivity index (χ1v) is 6.79. The first-order chi connectivity index (χ1) is 8.18. The molecule has 0 aromatic rings. The molecule has 4 heteroatoms. The number of aliphatic carboxylic acids is 1. The second kappa shape index (κ2) is 8.48. The molecular formula is C13H26N2O2. The predicted molar refractivity (Wildman–Crippen MR) is 69.2 cm³/mol. The molecule has 1 rings (SSSR count). The van der Waals surface area contributed by atoms with E-state index >= 15 is 0 Å². The minimum atomic E-state index is -0.678. The summed E-state index contributed by atoms with van der Waals surface area (Å²) in [5, 5.41) is 12.0. The summed E-state index contributed by atoms with van der Waals surface area (Å²) in [6, 6.07) is 0. The van der Waals surface area contributed by atoms with E-state index in [-0.39, 0.29) is 0 Å². The molecule has 100 valence electrons. The second-order valence-electron chi connectivity index (χ2n) is 5.18. The summed E-state index contributed by atoms with van der Waals surface area (Å²) in [6.07, 6.45) is 5.90. The fourth-order valence-corrected chi connectivity index (χ4v) is 2.45. The van der Waals surface area contributed by atoms with Gasteiger partial charge in [-0.15, -0.1) is 0 Å². The Bertz CT molecular complexity index is 221. The van der Waals surface area contributed by atoms with Crippen LogP contribution in [0.2, 0.25) is 0 Å². The van der Waals surface area contributed by atoms with Crippen LogP contribution in [-0.2, 0) is 4.79 Å². The van der Waals surface area contributed by atoms with E-state index in [2.05, 4.69) is 17.3 Å². The molecule has 1 unspecified atom stereocenters. The Morgan fingerprint density at radius 2 is 2.24 bits per heavy atom. The molecule has 1 atom stereocenters. The molecule has 1 aliphatic rings. The van der Waals surface area contributed by atoms with Crippen molar-refractivity contribution >= 4 is 5.97 Å². The van der Waals surface area contributed by atoms with Gasteiger partial charge in [-0.2, -0.15) is 0 Å². The summed E-state index contributed by atoms with van der Waals surface area (Å²) in [7, 11) is 2.19. The van der Waals surface area contributed by atoms with Crippen molar-refractivity contribution in [3.05, 3.63) is 0 Å². The summed E-state index contributed by atoms with van der Waals surface area (Å²) in [4.78, 5) is 12.7. The van der Waals surface area contributed by atoms with Crippen LogP contribution in [0.15, 0.2) is 0 Å². The van der Waals surface area contributed by atoms with Crippen molar-refractivity contribution in [2.75, 3.05) is 33.2 Å². The third-order valence-corrected chi connectivity index (χ3v) is 3.40. The normalized spacial score (nSPS) is 21.6. The third-order valence-electron chi connectivity index (χ3n) is 3.40. The molecule has 1 saturated heterocycles. The number of likely N-dealkylation sites (tertiary alicyclic amines) is 1. The number of rotatable bonds is 8. The number of carboxylic acid groups (broad SMARTS) is 1. The molecule has 17 heavy (non-hydrogen) atoms. The number of nitrogens with zero attached hydrogens (tertiary/aromatic N) is 1. The van der Waals surface area contributed by atoms with Crippen molar-refractivity contribution in [1.82, 2.24) is 10.2 Å². The van der Waals surface area contributed by atoms with Crippen molar-refractivity contribution in [3.8, 4) is 0 Å². The van der Waals surface area contributed by atoms with Gasteiger partial charge in [0.25, 0.3) is 0 Å². The van der Waals surface area contributed by atoms with Gasteiger partial charge < -0.3 is 15.3 Å². The second-order valence-corrected chi connectivity index (χ2v) is 5.18. The standard InChI is InChI=1S/C13H26N2O2/c1-15-9-5-6-12(11-15)10-14-8-4-2-3-7-13(16)17/h12,14H,2-11H2,1H3,(H,16,17). The Morgan fingerprint density at radius 1 is 1.41 bits per heavy atom. The number of hydrogen-bond donors (Lipinski definition) is 2. The smallest absolute Gasteiger partial charge is 0.303 e. The van der Waals surface area contributed by atoms with E-state index in [1.807, 2.05) is 0 Å². The van der Waals surface area contributed by atoms with E-state index in [4.69, 9.17) is 5.11 Å². The molecule has 0 bridgehead atoms. The van der Waals surface area contributed by atoms with Crippen LogP contribution in [0.3, 0.4) is 0 Å². The highest BCUT2D eigenvalue weighted by atomic mass is 16.4. The molecule has 0 radical (unpaired) electrons. The Balaban J connectivity index is 1.88. The zero-order chi connectivity index (χ0) is 12.5. The quantitative estimate of drug-likeness (QED) is 0.634. The first-order valence-electron chi connectivity index (χ1n) is 6.79. The topological polar surface area (TPSA) is 52.6 Å². The van der Waals surface area contributed by atoms with Gasteiger partial charge in [0.1, 0.15) is 0 Å². The Labute approximate surface area is 104 Å². The van der Waals surface area contributed by atoms with Gasteiger partial charge in [-0.1, -0.05) is 6.42 Å². The molecular weight excluding hydrogens is 216 g/mol. The number of carboxylic acids is 1. The molecule has 0 spiro atoms. The maximum atomic E-state index is 10.3. The maximum Gasteiger partial charge on any atom is 0.303 e. The number of unbranched alkanes of at least 4 members (excludes halogenated alkanes) is 2. The van der Waals surface area contributed by atoms with Crippen LogP contribution in [0.25, 0.3) is 0 Å². The van der Waals surface area contributed by atoms with Gasteiger partial charge in [-0.25, -0.2) is 0 Å². The molecule has 0 aliphatic carbocycles. The van der Waals surface area contributed by atoms with Crippen LogP contribution in [0.5, 0.6) is 0 Å². The molecule has 0 aromatic heterocycles. The van der Waals surface area contributed by atoms with Crippen molar-refractivity contribution in [2.45, 2.75) is 38.5 Å². The van der Waals surface area contributed by atoms with E-state index < -0.39 is 5.97 Å². The van der Waals surface area contributed by atoms with Gasteiger partial charge in [0.15, 0.2) is 0 Å². The lowest BCUT2D eigenvalue weighted by Crippen LogP contribution is -2.37. The summed E-state index contributed by atoms with van der Waals surface area (Å²) < 4.78 is 0. The summed E-state index contributed by atoms with van der Waals surface area (Å²) in [5.41, 5.74) is 0. The molecule has 2 N–H and O–H groups in total. The Hall–Kier alpha value is -0.610. The van der Waals surface area contributed by atoms with Crippen LogP contribution in [0.1, 0.15) is 38.5 Å². The molecule has 1 aliphatic heterocycles. The van der Waals surface area contributed by atoms with Gasteiger partial charge in [0.05, 0.1) is 0 Å². The predicted octanol–water partition coefficient (Wildman–Crippen LogP) is 1.56. The Kier molecular flexibility index (Phi) is 7.21.